The first-order valence-electron chi connectivity index (χ1n) is 5.87. The zero-order valence-corrected chi connectivity index (χ0v) is 10.4. The van der Waals surface area contributed by atoms with Crippen LogP contribution < -0.4 is 5.32 Å². The van der Waals surface area contributed by atoms with E-state index in [4.69, 9.17) is 11.6 Å². The van der Waals surface area contributed by atoms with Gasteiger partial charge in [0.2, 0.25) is 0 Å². The lowest BCUT2D eigenvalue weighted by Crippen LogP contribution is -2.33. The Morgan fingerprint density at radius 3 is 2.94 bits per heavy atom. The molecule has 4 nitrogen and oxygen atoms in total. The topological polar surface area (TPSA) is 45.2 Å². The van der Waals surface area contributed by atoms with Gasteiger partial charge in [0.05, 0.1) is 10.6 Å². The van der Waals surface area contributed by atoms with Crippen LogP contribution in [0.4, 0.5) is 0 Å². The van der Waals surface area contributed by atoms with Crippen LogP contribution >= 0.6 is 11.6 Å². The Hall–Kier alpha value is -1.13. The van der Waals surface area contributed by atoms with Gasteiger partial charge in [-0.1, -0.05) is 11.6 Å². The van der Waals surface area contributed by atoms with Crippen LogP contribution in [0.25, 0.3) is 0 Å². The predicted molar refractivity (Wildman–Crippen MR) is 67.3 cm³/mol. The lowest BCUT2D eigenvalue weighted by Gasteiger charge is -2.14. The molecule has 0 aromatic carbocycles. The fraction of sp³-hybridized carbons (Fsp3) is 0.500. The van der Waals surface area contributed by atoms with E-state index in [-0.39, 0.29) is 5.91 Å². The van der Waals surface area contributed by atoms with Crippen LogP contribution in [0.2, 0.25) is 5.02 Å². The zero-order valence-electron chi connectivity index (χ0n) is 9.66. The molecule has 5 heteroatoms. The molecule has 0 aliphatic carbocycles. The van der Waals surface area contributed by atoms with Crippen molar-refractivity contribution >= 4 is 17.5 Å². The quantitative estimate of drug-likeness (QED) is 0.886. The molecule has 0 unspecified atom stereocenters. The molecule has 1 aliphatic heterocycles. The van der Waals surface area contributed by atoms with Gasteiger partial charge in [-0.05, 0) is 32.0 Å². The maximum Gasteiger partial charge on any atom is 0.254 e. The minimum Gasteiger partial charge on any atom is -0.351 e. The molecule has 1 aliphatic rings. The smallest absolute Gasteiger partial charge is 0.254 e. The van der Waals surface area contributed by atoms with Crippen LogP contribution in [0.5, 0.6) is 0 Å². The van der Waals surface area contributed by atoms with E-state index >= 15 is 0 Å². The number of amides is 1. The van der Waals surface area contributed by atoms with Gasteiger partial charge in [0.15, 0.2) is 0 Å². The third kappa shape index (κ3) is 3.41. The van der Waals surface area contributed by atoms with Crippen molar-refractivity contribution in [3.8, 4) is 0 Å². The number of aromatic nitrogens is 1. The van der Waals surface area contributed by atoms with E-state index in [0.29, 0.717) is 17.1 Å². The molecule has 2 heterocycles. The molecule has 1 aromatic heterocycles. The van der Waals surface area contributed by atoms with E-state index in [1.54, 1.807) is 12.3 Å². The summed E-state index contributed by atoms with van der Waals surface area (Å²) in [7, 11) is 0. The Bertz CT molecular complexity index is 391. The zero-order chi connectivity index (χ0) is 12.1. The molecule has 0 atom stereocenters. The highest BCUT2D eigenvalue weighted by molar-refractivity contribution is 6.33. The number of nitrogens with one attached hydrogen (secondary N) is 1. The largest absolute Gasteiger partial charge is 0.351 e. The number of rotatable bonds is 4. The Balaban J connectivity index is 1.79. The van der Waals surface area contributed by atoms with Gasteiger partial charge in [-0.3, -0.25) is 9.78 Å². The fourth-order valence-corrected chi connectivity index (χ4v) is 2.16. The number of hydrogen-bond acceptors (Lipinski definition) is 3. The van der Waals surface area contributed by atoms with Crippen molar-refractivity contribution < 1.29 is 4.79 Å². The van der Waals surface area contributed by atoms with Gasteiger partial charge in [0.1, 0.15) is 0 Å². The molecule has 0 saturated carbocycles. The fourth-order valence-electron chi connectivity index (χ4n) is 1.97. The molecule has 17 heavy (non-hydrogen) atoms. The number of carbonyl (C=O) groups is 1. The summed E-state index contributed by atoms with van der Waals surface area (Å²) >= 11 is 5.91. The van der Waals surface area contributed by atoms with Crippen molar-refractivity contribution in [3.63, 3.8) is 0 Å². The number of carbonyl (C=O) groups excluding carboxylic acids is 1. The lowest BCUT2D eigenvalue weighted by atomic mass is 10.2. The standard InChI is InChI=1S/C12H16ClN3O/c13-11-3-4-14-9-10(11)12(17)15-5-8-16-6-1-2-7-16/h3-4,9H,1-2,5-8H2,(H,15,17). The summed E-state index contributed by atoms with van der Waals surface area (Å²) in [4.78, 5) is 18.0. The number of hydrogen-bond donors (Lipinski definition) is 1. The minimum atomic E-state index is -0.151. The highest BCUT2D eigenvalue weighted by atomic mass is 35.5. The van der Waals surface area contributed by atoms with E-state index in [2.05, 4.69) is 15.2 Å². The average Bonchev–Trinajstić information content (AvgIpc) is 2.82. The van der Waals surface area contributed by atoms with Crippen LogP contribution in [0.15, 0.2) is 18.5 Å². The maximum atomic E-state index is 11.8. The Labute approximate surface area is 106 Å². The van der Waals surface area contributed by atoms with Crippen molar-refractivity contribution in [1.29, 1.82) is 0 Å². The molecule has 1 amide bonds. The van der Waals surface area contributed by atoms with Crippen LogP contribution in [0, 0.1) is 0 Å². The maximum absolute atomic E-state index is 11.8. The first kappa shape index (κ1) is 12.3. The normalized spacial score (nSPS) is 16.1. The molecule has 2 rings (SSSR count). The van der Waals surface area contributed by atoms with E-state index in [0.717, 1.165) is 19.6 Å². The number of pyridine rings is 1. The van der Waals surface area contributed by atoms with Gasteiger partial charge in [0.25, 0.3) is 5.91 Å². The second-order valence-corrected chi connectivity index (χ2v) is 4.57. The van der Waals surface area contributed by atoms with Gasteiger partial charge < -0.3 is 10.2 Å². The van der Waals surface area contributed by atoms with Gasteiger partial charge in [-0.15, -0.1) is 0 Å². The summed E-state index contributed by atoms with van der Waals surface area (Å²) < 4.78 is 0. The van der Waals surface area contributed by atoms with E-state index in [9.17, 15) is 4.79 Å². The summed E-state index contributed by atoms with van der Waals surface area (Å²) in [6.07, 6.45) is 5.60. The molecular formula is C12H16ClN3O. The first-order chi connectivity index (χ1) is 8.27. The third-order valence-electron chi connectivity index (χ3n) is 2.92. The molecule has 1 aromatic rings. The lowest BCUT2D eigenvalue weighted by molar-refractivity contribution is 0.0949. The molecule has 0 bridgehead atoms. The van der Waals surface area contributed by atoms with Crippen LogP contribution in [-0.2, 0) is 0 Å². The van der Waals surface area contributed by atoms with Crippen LogP contribution in [0.1, 0.15) is 23.2 Å². The number of likely N-dealkylation sites (tertiary alicyclic amines) is 1. The molecule has 1 N–H and O–H groups in total. The summed E-state index contributed by atoms with van der Waals surface area (Å²) in [5, 5.41) is 3.30. The first-order valence-corrected chi connectivity index (χ1v) is 6.25. The van der Waals surface area contributed by atoms with Gasteiger partial charge in [-0.2, -0.15) is 0 Å². The Kier molecular flexibility index (Phi) is 4.34. The van der Waals surface area contributed by atoms with Crippen molar-refractivity contribution in [2.75, 3.05) is 26.2 Å². The van der Waals surface area contributed by atoms with Gasteiger partial charge in [0, 0.05) is 25.5 Å². The number of nitrogens with zero attached hydrogens (tertiary/aromatic N) is 2. The SMILES string of the molecule is O=C(NCCN1CCCC1)c1cnccc1Cl. The van der Waals surface area contributed by atoms with Gasteiger partial charge >= 0.3 is 0 Å². The second-order valence-electron chi connectivity index (χ2n) is 4.16. The van der Waals surface area contributed by atoms with E-state index in [1.807, 2.05) is 0 Å². The highest BCUT2D eigenvalue weighted by Crippen LogP contribution is 2.12. The summed E-state index contributed by atoms with van der Waals surface area (Å²) in [6, 6.07) is 1.62. The van der Waals surface area contributed by atoms with Gasteiger partial charge in [-0.25, -0.2) is 0 Å². The Morgan fingerprint density at radius 1 is 1.47 bits per heavy atom. The van der Waals surface area contributed by atoms with E-state index < -0.39 is 0 Å². The van der Waals surface area contributed by atoms with Crippen LogP contribution in [0.3, 0.4) is 0 Å². The second kappa shape index (κ2) is 5.98. The molecule has 1 saturated heterocycles. The molecular weight excluding hydrogens is 238 g/mol. The van der Waals surface area contributed by atoms with Crippen molar-refractivity contribution in [1.82, 2.24) is 15.2 Å². The molecule has 1 fully saturated rings. The monoisotopic (exact) mass is 253 g/mol. The minimum absolute atomic E-state index is 0.151. The average molecular weight is 254 g/mol. The third-order valence-corrected chi connectivity index (χ3v) is 3.25. The number of halogens is 1. The summed E-state index contributed by atoms with van der Waals surface area (Å²) in [5.41, 5.74) is 0.440. The summed E-state index contributed by atoms with van der Waals surface area (Å²) in [5.74, 6) is -0.151. The van der Waals surface area contributed by atoms with Crippen molar-refractivity contribution in [3.05, 3.63) is 29.0 Å². The van der Waals surface area contributed by atoms with E-state index in [1.165, 1.54) is 19.0 Å². The van der Waals surface area contributed by atoms with Crippen molar-refractivity contribution in [2.45, 2.75) is 12.8 Å². The Morgan fingerprint density at radius 2 is 2.24 bits per heavy atom. The summed E-state index contributed by atoms with van der Waals surface area (Å²) in [6.45, 7) is 3.85. The van der Waals surface area contributed by atoms with Crippen LogP contribution in [-0.4, -0.2) is 42.0 Å². The molecule has 0 radical (unpaired) electrons. The van der Waals surface area contributed by atoms with Crippen molar-refractivity contribution in [2.24, 2.45) is 0 Å². The highest BCUT2D eigenvalue weighted by Gasteiger charge is 2.13. The molecule has 0 spiro atoms. The molecule has 92 valence electrons. The predicted octanol–water partition coefficient (Wildman–Crippen LogP) is 1.56.